The molecule has 0 aliphatic heterocycles. The third-order valence-corrected chi connectivity index (χ3v) is 3.34. The molecular weight excluding hydrogens is 248 g/mol. The highest BCUT2D eigenvalue weighted by Crippen LogP contribution is 2.33. The Kier molecular flexibility index (Phi) is 3.68. The van der Waals surface area contributed by atoms with Gasteiger partial charge in [0, 0.05) is 5.56 Å². The van der Waals surface area contributed by atoms with E-state index in [2.05, 4.69) is 0 Å². The number of hydrogen-bond acceptors (Lipinski definition) is 1. The van der Waals surface area contributed by atoms with Crippen molar-refractivity contribution in [3.05, 3.63) is 58.6 Å². The van der Waals surface area contributed by atoms with Gasteiger partial charge >= 0.3 is 5.97 Å². The number of aromatic carboxylic acids is 1. The number of benzene rings is 2. The summed E-state index contributed by atoms with van der Waals surface area (Å²) in [5.74, 6) is -0.937. The van der Waals surface area contributed by atoms with Gasteiger partial charge in [0.25, 0.3) is 0 Å². The molecule has 0 spiro atoms. The van der Waals surface area contributed by atoms with Crippen LogP contribution < -0.4 is 0 Å². The van der Waals surface area contributed by atoms with Gasteiger partial charge in [-0.25, -0.2) is 4.79 Å². The minimum Gasteiger partial charge on any atom is -0.478 e. The lowest BCUT2D eigenvalue weighted by Crippen LogP contribution is -2.03. The molecule has 0 radical (unpaired) electrons. The third-order valence-electron chi connectivity index (χ3n) is 2.91. The maximum absolute atomic E-state index is 11.1. The van der Waals surface area contributed by atoms with Gasteiger partial charge in [0.15, 0.2) is 0 Å². The van der Waals surface area contributed by atoms with Crippen molar-refractivity contribution in [3.63, 3.8) is 0 Å². The molecule has 2 aromatic rings. The van der Waals surface area contributed by atoms with E-state index >= 15 is 0 Å². The molecule has 0 aliphatic rings. The first kappa shape index (κ1) is 12.7. The van der Waals surface area contributed by atoms with Crippen molar-refractivity contribution in [1.29, 1.82) is 0 Å². The summed E-state index contributed by atoms with van der Waals surface area (Å²) in [5, 5.41) is 9.66. The maximum Gasteiger partial charge on any atom is 0.336 e. The van der Waals surface area contributed by atoms with Crippen LogP contribution in [0.4, 0.5) is 0 Å². The molecule has 0 aliphatic carbocycles. The molecule has 0 aromatic heterocycles. The first-order valence-corrected chi connectivity index (χ1v) is 6.13. The van der Waals surface area contributed by atoms with Gasteiger partial charge in [0.05, 0.1) is 10.6 Å². The van der Waals surface area contributed by atoms with E-state index in [0.29, 0.717) is 17.0 Å². The van der Waals surface area contributed by atoms with Crippen molar-refractivity contribution < 1.29 is 9.90 Å². The molecule has 0 unspecified atom stereocenters. The van der Waals surface area contributed by atoms with Crippen molar-refractivity contribution in [3.8, 4) is 11.1 Å². The highest BCUT2D eigenvalue weighted by atomic mass is 35.5. The molecule has 92 valence electrons. The summed E-state index contributed by atoms with van der Waals surface area (Å²) in [5.41, 5.74) is 2.83. The summed E-state index contributed by atoms with van der Waals surface area (Å²) < 4.78 is 0. The summed E-state index contributed by atoms with van der Waals surface area (Å²) in [7, 11) is 0. The van der Waals surface area contributed by atoms with E-state index in [1.165, 1.54) is 0 Å². The molecule has 0 saturated carbocycles. The lowest BCUT2D eigenvalue weighted by molar-refractivity contribution is 0.0696. The summed E-state index contributed by atoms with van der Waals surface area (Å²) in [6.07, 6.45) is 0.598. The van der Waals surface area contributed by atoms with Crippen molar-refractivity contribution in [2.75, 3.05) is 0 Å². The number of halogens is 1. The van der Waals surface area contributed by atoms with Crippen LogP contribution in [0, 0.1) is 0 Å². The summed E-state index contributed by atoms with van der Waals surface area (Å²) in [6, 6.07) is 13.1. The first-order chi connectivity index (χ1) is 8.65. The fourth-order valence-corrected chi connectivity index (χ4v) is 2.42. The molecule has 18 heavy (non-hydrogen) atoms. The second kappa shape index (κ2) is 5.23. The van der Waals surface area contributed by atoms with Crippen molar-refractivity contribution in [1.82, 2.24) is 0 Å². The average Bonchev–Trinajstić information content (AvgIpc) is 2.39. The number of carboxylic acid groups (broad SMARTS) is 1. The lowest BCUT2D eigenvalue weighted by atomic mass is 9.97. The SMILES string of the molecule is CCc1c(C(=O)O)ccc(-c2ccccc2)c1Cl. The predicted octanol–water partition coefficient (Wildman–Crippen LogP) is 4.27. The molecule has 1 N–H and O–H groups in total. The number of carboxylic acids is 1. The Balaban J connectivity index is 2.62. The highest BCUT2D eigenvalue weighted by Gasteiger charge is 2.15. The summed E-state index contributed by atoms with van der Waals surface area (Å²) in [6.45, 7) is 1.91. The van der Waals surface area contributed by atoms with Crippen molar-refractivity contribution in [2.24, 2.45) is 0 Å². The van der Waals surface area contributed by atoms with Crippen LogP contribution in [0.2, 0.25) is 5.02 Å². The third kappa shape index (κ3) is 2.24. The van der Waals surface area contributed by atoms with E-state index in [9.17, 15) is 4.79 Å². The van der Waals surface area contributed by atoms with E-state index in [1.54, 1.807) is 12.1 Å². The van der Waals surface area contributed by atoms with Crippen molar-refractivity contribution in [2.45, 2.75) is 13.3 Å². The van der Waals surface area contributed by atoms with Gasteiger partial charge < -0.3 is 5.11 Å². The Morgan fingerprint density at radius 3 is 2.39 bits per heavy atom. The van der Waals surface area contributed by atoms with E-state index in [1.807, 2.05) is 37.3 Å². The molecule has 2 nitrogen and oxygen atoms in total. The van der Waals surface area contributed by atoms with Crippen LogP contribution in [0.1, 0.15) is 22.8 Å². The molecule has 0 fully saturated rings. The maximum atomic E-state index is 11.1. The van der Waals surface area contributed by atoms with Crippen LogP contribution in [-0.4, -0.2) is 11.1 Å². The zero-order valence-corrected chi connectivity index (χ0v) is 10.7. The van der Waals surface area contributed by atoms with E-state index in [4.69, 9.17) is 16.7 Å². The number of hydrogen-bond donors (Lipinski definition) is 1. The molecule has 3 heteroatoms. The standard InChI is InChI=1S/C15H13ClO2/c1-2-11-13(15(17)18)9-8-12(14(11)16)10-6-4-3-5-7-10/h3-9H,2H2,1H3,(H,17,18). The highest BCUT2D eigenvalue weighted by molar-refractivity contribution is 6.34. The van der Waals surface area contributed by atoms with E-state index in [0.717, 1.165) is 11.1 Å². The molecule has 0 heterocycles. The second-order valence-electron chi connectivity index (χ2n) is 3.98. The topological polar surface area (TPSA) is 37.3 Å². The van der Waals surface area contributed by atoms with Gasteiger partial charge in [-0.1, -0.05) is 54.9 Å². The fourth-order valence-electron chi connectivity index (χ4n) is 2.01. The summed E-state index contributed by atoms with van der Waals surface area (Å²) >= 11 is 6.33. The monoisotopic (exact) mass is 260 g/mol. The van der Waals surface area contributed by atoms with Gasteiger partial charge in [0.2, 0.25) is 0 Å². The van der Waals surface area contributed by atoms with Crippen LogP contribution in [0.3, 0.4) is 0 Å². The van der Waals surface area contributed by atoms with Crippen LogP contribution >= 0.6 is 11.6 Å². The Morgan fingerprint density at radius 1 is 1.17 bits per heavy atom. The van der Waals surface area contributed by atoms with Crippen LogP contribution in [0.5, 0.6) is 0 Å². The normalized spacial score (nSPS) is 10.3. The molecule has 0 saturated heterocycles. The minimum atomic E-state index is -0.937. The Morgan fingerprint density at radius 2 is 1.83 bits per heavy atom. The molecule has 0 bridgehead atoms. The molecule has 2 rings (SSSR count). The fraction of sp³-hybridized carbons (Fsp3) is 0.133. The molecule has 2 aromatic carbocycles. The lowest BCUT2D eigenvalue weighted by Gasteiger charge is -2.11. The van der Waals surface area contributed by atoms with Gasteiger partial charge in [-0.05, 0) is 23.6 Å². The number of rotatable bonds is 3. The van der Waals surface area contributed by atoms with Gasteiger partial charge in [0.1, 0.15) is 0 Å². The van der Waals surface area contributed by atoms with Crippen molar-refractivity contribution >= 4 is 17.6 Å². The zero-order chi connectivity index (χ0) is 13.1. The van der Waals surface area contributed by atoms with Crippen LogP contribution in [0.15, 0.2) is 42.5 Å². The van der Waals surface area contributed by atoms with Crippen LogP contribution in [0.25, 0.3) is 11.1 Å². The van der Waals surface area contributed by atoms with Gasteiger partial charge in [-0.2, -0.15) is 0 Å². The van der Waals surface area contributed by atoms with E-state index < -0.39 is 5.97 Å². The van der Waals surface area contributed by atoms with Gasteiger partial charge in [-0.3, -0.25) is 0 Å². The second-order valence-corrected chi connectivity index (χ2v) is 4.36. The quantitative estimate of drug-likeness (QED) is 0.895. The molecule has 0 amide bonds. The largest absolute Gasteiger partial charge is 0.478 e. The Bertz CT molecular complexity index is 577. The van der Waals surface area contributed by atoms with Crippen LogP contribution in [-0.2, 0) is 6.42 Å². The smallest absolute Gasteiger partial charge is 0.336 e. The molecule has 0 atom stereocenters. The number of carbonyl (C=O) groups is 1. The zero-order valence-electron chi connectivity index (χ0n) is 9.98. The Hall–Kier alpha value is -1.80. The summed E-state index contributed by atoms with van der Waals surface area (Å²) in [4.78, 5) is 11.1. The predicted molar refractivity (Wildman–Crippen MR) is 73.2 cm³/mol. The Labute approximate surface area is 111 Å². The minimum absolute atomic E-state index is 0.280. The van der Waals surface area contributed by atoms with Gasteiger partial charge in [-0.15, -0.1) is 0 Å². The average molecular weight is 261 g/mol. The van der Waals surface area contributed by atoms with E-state index in [-0.39, 0.29) is 5.56 Å². The molecular formula is C15H13ClO2. The first-order valence-electron chi connectivity index (χ1n) is 5.75.